The fourth-order valence-corrected chi connectivity index (χ4v) is 4.60. The Balaban J connectivity index is 1.44. The lowest BCUT2D eigenvalue weighted by Crippen LogP contribution is -2.51. The van der Waals surface area contributed by atoms with E-state index in [2.05, 4.69) is 15.9 Å². The van der Waals surface area contributed by atoms with Crippen LogP contribution in [0.3, 0.4) is 0 Å². The molecule has 4 rings (SSSR count). The summed E-state index contributed by atoms with van der Waals surface area (Å²) in [6.07, 6.45) is 8.06. The largest absolute Gasteiger partial charge is 0.381 e. The number of hydrogen-bond donors (Lipinski definition) is 0. The molecule has 3 aliphatic rings. The molecule has 2 aliphatic heterocycles. The van der Waals surface area contributed by atoms with Gasteiger partial charge in [0, 0.05) is 57.9 Å². The van der Waals surface area contributed by atoms with Crippen molar-refractivity contribution in [1.29, 1.82) is 0 Å². The number of aromatic nitrogens is 2. The van der Waals surface area contributed by atoms with Crippen LogP contribution < -0.4 is 4.90 Å². The van der Waals surface area contributed by atoms with Crippen molar-refractivity contribution in [2.24, 2.45) is 0 Å². The number of anilines is 1. The van der Waals surface area contributed by atoms with Crippen molar-refractivity contribution in [2.75, 3.05) is 51.4 Å². The van der Waals surface area contributed by atoms with E-state index in [1.165, 1.54) is 32.1 Å². The van der Waals surface area contributed by atoms with Crippen LogP contribution in [0, 0.1) is 0 Å². The molecule has 1 aromatic heterocycles. The molecule has 2 saturated heterocycles. The maximum Gasteiger partial charge on any atom is 0.156 e. The van der Waals surface area contributed by atoms with E-state index in [1.54, 1.807) is 7.11 Å². The van der Waals surface area contributed by atoms with Gasteiger partial charge < -0.3 is 14.4 Å². The molecule has 0 amide bonds. The molecule has 1 aromatic rings. The van der Waals surface area contributed by atoms with Crippen LogP contribution in [0.1, 0.15) is 56.0 Å². The average Bonchev–Trinajstić information content (AvgIpc) is 3.24. The van der Waals surface area contributed by atoms with Gasteiger partial charge in [-0.2, -0.15) is 0 Å². The molecule has 144 valence electrons. The minimum Gasteiger partial charge on any atom is -0.381 e. The third-order valence-corrected chi connectivity index (χ3v) is 6.13. The van der Waals surface area contributed by atoms with Crippen LogP contribution in [0.25, 0.3) is 0 Å². The third-order valence-electron chi connectivity index (χ3n) is 6.13. The second-order valence-electron chi connectivity index (χ2n) is 7.88. The summed E-state index contributed by atoms with van der Waals surface area (Å²) in [5.74, 6) is 2.26. The van der Waals surface area contributed by atoms with Crippen LogP contribution >= 0.6 is 0 Å². The molecule has 3 heterocycles. The fourth-order valence-electron chi connectivity index (χ4n) is 4.60. The highest BCUT2D eigenvalue weighted by Gasteiger charge is 2.27. The van der Waals surface area contributed by atoms with Crippen molar-refractivity contribution in [3.63, 3.8) is 0 Å². The molecule has 0 unspecified atom stereocenters. The summed E-state index contributed by atoms with van der Waals surface area (Å²) < 4.78 is 10.9. The Labute approximate surface area is 156 Å². The van der Waals surface area contributed by atoms with Crippen molar-refractivity contribution < 1.29 is 9.47 Å². The Morgan fingerprint density at radius 3 is 2.58 bits per heavy atom. The van der Waals surface area contributed by atoms with Crippen LogP contribution in [0.5, 0.6) is 0 Å². The van der Waals surface area contributed by atoms with Crippen LogP contribution in [0.2, 0.25) is 0 Å². The predicted molar refractivity (Wildman–Crippen MR) is 102 cm³/mol. The van der Waals surface area contributed by atoms with E-state index in [1.807, 2.05) is 0 Å². The topological polar surface area (TPSA) is 50.7 Å². The molecule has 6 nitrogen and oxygen atoms in total. The molecule has 1 atom stereocenters. The third kappa shape index (κ3) is 4.18. The van der Waals surface area contributed by atoms with E-state index in [4.69, 9.17) is 19.4 Å². The average molecular weight is 361 g/mol. The first-order valence-electron chi connectivity index (χ1n) is 10.3. The van der Waals surface area contributed by atoms with Gasteiger partial charge in [0.25, 0.3) is 0 Å². The fraction of sp³-hybridized carbons (Fsp3) is 0.800. The van der Waals surface area contributed by atoms with E-state index in [0.29, 0.717) is 12.5 Å². The van der Waals surface area contributed by atoms with Gasteiger partial charge in [0.2, 0.25) is 0 Å². The van der Waals surface area contributed by atoms with Gasteiger partial charge in [0.05, 0.1) is 12.3 Å². The first kappa shape index (κ1) is 18.1. The second-order valence-corrected chi connectivity index (χ2v) is 7.88. The van der Waals surface area contributed by atoms with E-state index >= 15 is 0 Å². The molecular formula is C20H32N4O2. The van der Waals surface area contributed by atoms with Gasteiger partial charge in [0.1, 0.15) is 12.4 Å². The van der Waals surface area contributed by atoms with Gasteiger partial charge >= 0.3 is 0 Å². The van der Waals surface area contributed by atoms with Crippen LogP contribution in [-0.2, 0) is 16.1 Å². The Morgan fingerprint density at radius 1 is 1.08 bits per heavy atom. The number of methoxy groups -OCH3 is 1. The summed E-state index contributed by atoms with van der Waals surface area (Å²) in [6.45, 7) is 6.49. The smallest absolute Gasteiger partial charge is 0.156 e. The SMILES string of the molecule is COCc1nc([C@@H]2CCOC2)cc(N2CCN(C3CCCCC3)CC2)n1. The molecule has 26 heavy (non-hydrogen) atoms. The molecular weight excluding hydrogens is 328 g/mol. The summed E-state index contributed by atoms with van der Waals surface area (Å²) in [7, 11) is 1.71. The van der Waals surface area contributed by atoms with E-state index in [0.717, 1.165) is 69.2 Å². The van der Waals surface area contributed by atoms with E-state index in [-0.39, 0.29) is 0 Å². The van der Waals surface area contributed by atoms with Crippen molar-refractivity contribution in [3.8, 4) is 0 Å². The van der Waals surface area contributed by atoms with Crippen LogP contribution in [0.15, 0.2) is 6.07 Å². The maximum absolute atomic E-state index is 5.57. The van der Waals surface area contributed by atoms with Crippen LogP contribution in [0.4, 0.5) is 5.82 Å². The zero-order valence-electron chi connectivity index (χ0n) is 16.0. The predicted octanol–water partition coefficient (Wildman–Crippen LogP) is 2.58. The summed E-state index contributed by atoms with van der Waals surface area (Å²) >= 11 is 0. The zero-order chi connectivity index (χ0) is 17.8. The summed E-state index contributed by atoms with van der Waals surface area (Å²) in [5, 5.41) is 0. The van der Waals surface area contributed by atoms with Gasteiger partial charge in [-0.3, -0.25) is 4.90 Å². The highest BCUT2D eigenvalue weighted by molar-refractivity contribution is 5.41. The van der Waals surface area contributed by atoms with Crippen molar-refractivity contribution in [2.45, 2.75) is 57.1 Å². The molecule has 6 heteroatoms. The molecule has 3 fully saturated rings. The Morgan fingerprint density at radius 2 is 1.88 bits per heavy atom. The quantitative estimate of drug-likeness (QED) is 0.804. The lowest BCUT2D eigenvalue weighted by Gasteiger charge is -2.41. The normalized spacial score (nSPS) is 25.7. The monoisotopic (exact) mass is 360 g/mol. The summed E-state index contributed by atoms with van der Waals surface area (Å²) in [5.41, 5.74) is 1.12. The highest BCUT2D eigenvalue weighted by Crippen LogP contribution is 2.28. The van der Waals surface area contributed by atoms with Gasteiger partial charge in [-0.1, -0.05) is 19.3 Å². The Kier molecular flexibility index (Phi) is 6.02. The Bertz CT molecular complexity index is 577. The second kappa shape index (κ2) is 8.63. The van der Waals surface area contributed by atoms with Gasteiger partial charge in [-0.05, 0) is 19.3 Å². The molecule has 0 spiro atoms. The number of nitrogens with zero attached hydrogens (tertiary/aromatic N) is 4. The number of hydrogen-bond acceptors (Lipinski definition) is 6. The van der Waals surface area contributed by atoms with E-state index in [9.17, 15) is 0 Å². The first-order chi connectivity index (χ1) is 12.8. The minimum atomic E-state index is 0.399. The van der Waals surface area contributed by atoms with Crippen molar-refractivity contribution in [1.82, 2.24) is 14.9 Å². The molecule has 1 saturated carbocycles. The zero-order valence-corrected chi connectivity index (χ0v) is 16.0. The lowest BCUT2D eigenvalue weighted by molar-refractivity contribution is 0.147. The molecule has 0 radical (unpaired) electrons. The summed E-state index contributed by atoms with van der Waals surface area (Å²) in [6, 6.07) is 3.00. The molecule has 0 aromatic carbocycles. The standard InChI is InChI=1S/C20H32N4O2/c1-25-15-19-21-18(16-7-12-26-14-16)13-20(22-19)24-10-8-23(9-11-24)17-5-3-2-4-6-17/h13,16-17H,2-12,14-15H2,1H3/t16-/m1/s1. The van der Waals surface area contributed by atoms with Gasteiger partial charge in [-0.15, -0.1) is 0 Å². The number of ether oxygens (including phenoxy) is 2. The Hall–Kier alpha value is -1.24. The summed E-state index contributed by atoms with van der Waals surface area (Å²) in [4.78, 5) is 14.7. The molecule has 0 bridgehead atoms. The highest BCUT2D eigenvalue weighted by atomic mass is 16.5. The van der Waals surface area contributed by atoms with Crippen molar-refractivity contribution in [3.05, 3.63) is 17.6 Å². The maximum atomic E-state index is 5.57. The van der Waals surface area contributed by atoms with Gasteiger partial charge in [-0.25, -0.2) is 9.97 Å². The van der Waals surface area contributed by atoms with Crippen LogP contribution in [-0.4, -0.2) is 67.4 Å². The first-order valence-corrected chi connectivity index (χ1v) is 10.3. The van der Waals surface area contributed by atoms with E-state index < -0.39 is 0 Å². The molecule has 1 aliphatic carbocycles. The molecule has 0 N–H and O–H groups in total. The number of rotatable bonds is 5. The minimum absolute atomic E-state index is 0.399. The lowest BCUT2D eigenvalue weighted by atomic mass is 9.94. The van der Waals surface area contributed by atoms with Gasteiger partial charge in [0.15, 0.2) is 5.82 Å². The number of piperazine rings is 1. The van der Waals surface area contributed by atoms with Crippen molar-refractivity contribution >= 4 is 5.82 Å².